The maximum atomic E-state index is 11.7. The Morgan fingerprint density at radius 2 is 2.00 bits per heavy atom. The van der Waals surface area contributed by atoms with E-state index in [4.69, 9.17) is 0 Å². The second-order valence-electron chi connectivity index (χ2n) is 4.76. The number of aromatic amines is 1. The standard InChI is InChI=1S/C15H18N2O2/c1-4-5-14(18)16-11-6-7-12-9(2)10(3)15(19)17-13(12)8-11/h6-8H,4-5H2,1-3H3,(H,16,18)(H,17,19). The lowest BCUT2D eigenvalue weighted by molar-refractivity contribution is -0.116. The zero-order chi connectivity index (χ0) is 14.0. The number of fused-ring (bicyclic) bond motifs is 1. The van der Waals surface area contributed by atoms with Gasteiger partial charge < -0.3 is 10.3 Å². The Balaban J connectivity index is 2.44. The van der Waals surface area contributed by atoms with Crippen LogP contribution in [0.1, 0.15) is 30.9 Å². The maximum Gasteiger partial charge on any atom is 0.251 e. The van der Waals surface area contributed by atoms with Crippen molar-refractivity contribution in [3.05, 3.63) is 39.7 Å². The van der Waals surface area contributed by atoms with Crippen LogP contribution < -0.4 is 10.9 Å². The van der Waals surface area contributed by atoms with Crippen molar-refractivity contribution in [2.75, 3.05) is 5.32 Å². The third kappa shape index (κ3) is 2.67. The van der Waals surface area contributed by atoms with E-state index in [1.165, 1.54) is 0 Å². The molecule has 1 aromatic carbocycles. The van der Waals surface area contributed by atoms with Crippen LogP contribution in [0.25, 0.3) is 10.9 Å². The molecule has 1 aromatic heterocycles. The molecule has 4 nitrogen and oxygen atoms in total. The predicted molar refractivity (Wildman–Crippen MR) is 77.6 cm³/mol. The molecule has 0 fully saturated rings. The van der Waals surface area contributed by atoms with Crippen LogP contribution in [-0.4, -0.2) is 10.9 Å². The number of amides is 1. The minimum Gasteiger partial charge on any atom is -0.326 e. The molecular formula is C15H18N2O2. The Morgan fingerprint density at radius 3 is 2.68 bits per heavy atom. The first-order valence-electron chi connectivity index (χ1n) is 6.46. The average molecular weight is 258 g/mol. The molecule has 0 unspecified atom stereocenters. The Morgan fingerprint density at radius 1 is 1.26 bits per heavy atom. The molecule has 2 aromatic rings. The van der Waals surface area contributed by atoms with E-state index in [1.807, 2.05) is 32.9 Å². The monoisotopic (exact) mass is 258 g/mol. The number of carbonyl (C=O) groups excluding carboxylic acids is 1. The second-order valence-corrected chi connectivity index (χ2v) is 4.76. The number of aryl methyl sites for hydroxylation is 1. The summed E-state index contributed by atoms with van der Waals surface area (Å²) in [7, 11) is 0. The van der Waals surface area contributed by atoms with Crippen molar-refractivity contribution in [1.82, 2.24) is 4.98 Å². The van der Waals surface area contributed by atoms with Crippen LogP contribution in [0.3, 0.4) is 0 Å². The van der Waals surface area contributed by atoms with Crippen molar-refractivity contribution in [3.8, 4) is 0 Å². The van der Waals surface area contributed by atoms with Crippen LogP contribution in [0.15, 0.2) is 23.0 Å². The smallest absolute Gasteiger partial charge is 0.251 e. The number of anilines is 1. The quantitative estimate of drug-likeness (QED) is 0.889. The van der Waals surface area contributed by atoms with Crippen molar-refractivity contribution in [3.63, 3.8) is 0 Å². The van der Waals surface area contributed by atoms with Crippen molar-refractivity contribution < 1.29 is 4.79 Å². The molecule has 2 N–H and O–H groups in total. The van der Waals surface area contributed by atoms with Gasteiger partial charge in [-0.1, -0.05) is 13.0 Å². The van der Waals surface area contributed by atoms with Gasteiger partial charge in [0.25, 0.3) is 5.56 Å². The van der Waals surface area contributed by atoms with Crippen LogP contribution in [0.2, 0.25) is 0 Å². The van der Waals surface area contributed by atoms with Gasteiger partial charge in [-0.3, -0.25) is 9.59 Å². The molecule has 4 heteroatoms. The zero-order valence-electron chi connectivity index (χ0n) is 11.5. The highest BCUT2D eigenvalue weighted by atomic mass is 16.1. The Hall–Kier alpha value is -2.10. The molecule has 1 heterocycles. The first kappa shape index (κ1) is 13.3. The Labute approximate surface area is 111 Å². The van der Waals surface area contributed by atoms with Gasteiger partial charge in [-0.25, -0.2) is 0 Å². The topological polar surface area (TPSA) is 62.0 Å². The number of H-pyrrole nitrogens is 1. The molecule has 100 valence electrons. The molecule has 0 aliphatic heterocycles. The van der Waals surface area contributed by atoms with Gasteiger partial charge in [-0.05, 0) is 38.0 Å². The summed E-state index contributed by atoms with van der Waals surface area (Å²) in [6, 6.07) is 5.59. The first-order chi connectivity index (χ1) is 9.02. The number of hydrogen-bond donors (Lipinski definition) is 2. The van der Waals surface area contributed by atoms with Crippen LogP contribution in [0.5, 0.6) is 0 Å². The van der Waals surface area contributed by atoms with E-state index in [1.54, 1.807) is 6.07 Å². The number of aromatic nitrogens is 1. The summed E-state index contributed by atoms with van der Waals surface area (Å²) >= 11 is 0. The number of nitrogens with one attached hydrogen (secondary N) is 2. The third-order valence-electron chi connectivity index (χ3n) is 3.34. The highest BCUT2D eigenvalue weighted by molar-refractivity contribution is 5.94. The molecule has 0 aliphatic rings. The Kier molecular flexibility index (Phi) is 3.69. The van der Waals surface area contributed by atoms with Gasteiger partial charge in [0.15, 0.2) is 0 Å². The zero-order valence-corrected chi connectivity index (χ0v) is 11.5. The molecule has 1 amide bonds. The molecular weight excluding hydrogens is 240 g/mol. The Bertz CT molecular complexity index is 686. The van der Waals surface area contributed by atoms with Crippen molar-refractivity contribution in [2.45, 2.75) is 33.6 Å². The summed E-state index contributed by atoms with van der Waals surface area (Å²) in [5.41, 5.74) is 3.09. The average Bonchev–Trinajstić information content (AvgIpc) is 2.36. The molecule has 0 atom stereocenters. The van der Waals surface area contributed by atoms with Gasteiger partial charge in [-0.2, -0.15) is 0 Å². The number of rotatable bonds is 3. The molecule has 0 aliphatic carbocycles. The van der Waals surface area contributed by atoms with E-state index in [9.17, 15) is 9.59 Å². The van der Waals surface area contributed by atoms with Gasteiger partial charge in [0.05, 0.1) is 5.52 Å². The van der Waals surface area contributed by atoms with E-state index >= 15 is 0 Å². The van der Waals surface area contributed by atoms with E-state index < -0.39 is 0 Å². The van der Waals surface area contributed by atoms with Crippen LogP contribution in [0, 0.1) is 13.8 Å². The largest absolute Gasteiger partial charge is 0.326 e. The summed E-state index contributed by atoms with van der Waals surface area (Å²) in [6.45, 7) is 5.70. The fraction of sp³-hybridized carbons (Fsp3) is 0.333. The highest BCUT2D eigenvalue weighted by Crippen LogP contribution is 2.21. The number of carbonyl (C=O) groups is 1. The lowest BCUT2D eigenvalue weighted by Gasteiger charge is -2.08. The summed E-state index contributed by atoms with van der Waals surface area (Å²) in [4.78, 5) is 26.1. The van der Waals surface area contributed by atoms with Crippen molar-refractivity contribution >= 4 is 22.5 Å². The summed E-state index contributed by atoms with van der Waals surface area (Å²) in [5.74, 6) is -0.00645. The molecule has 0 spiro atoms. The molecule has 0 saturated carbocycles. The van der Waals surface area contributed by atoms with Crippen LogP contribution >= 0.6 is 0 Å². The van der Waals surface area contributed by atoms with E-state index in [0.717, 1.165) is 28.5 Å². The molecule has 2 rings (SSSR count). The minimum absolute atomic E-state index is 0.00645. The number of hydrogen-bond acceptors (Lipinski definition) is 2. The molecule has 0 bridgehead atoms. The second kappa shape index (κ2) is 5.26. The van der Waals surface area contributed by atoms with E-state index in [2.05, 4.69) is 10.3 Å². The summed E-state index contributed by atoms with van der Waals surface area (Å²) in [5, 5.41) is 3.83. The number of benzene rings is 1. The SMILES string of the molecule is CCCC(=O)Nc1ccc2c(C)c(C)c(=O)[nH]c2c1. The maximum absolute atomic E-state index is 11.7. The fourth-order valence-corrected chi connectivity index (χ4v) is 2.09. The number of pyridine rings is 1. The minimum atomic E-state index is -0.0814. The summed E-state index contributed by atoms with van der Waals surface area (Å²) < 4.78 is 0. The van der Waals surface area contributed by atoms with Crippen molar-refractivity contribution in [1.29, 1.82) is 0 Å². The van der Waals surface area contributed by atoms with Gasteiger partial charge in [-0.15, -0.1) is 0 Å². The van der Waals surface area contributed by atoms with Gasteiger partial charge >= 0.3 is 0 Å². The van der Waals surface area contributed by atoms with Crippen LogP contribution in [-0.2, 0) is 4.79 Å². The normalized spacial score (nSPS) is 10.7. The highest BCUT2D eigenvalue weighted by Gasteiger charge is 2.07. The molecule has 19 heavy (non-hydrogen) atoms. The van der Waals surface area contributed by atoms with Crippen molar-refractivity contribution in [2.24, 2.45) is 0 Å². The van der Waals surface area contributed by atoms with Gasteiger partial charge in [0.1, 0.15) is 0 Å². The molecule has 0 saturated heterocycles. The van der Waals surface area contributed by atoms with Gasteiger partial charge in [0, 0.05) is 23.1 Å². The van der Waals surface area contributed by atoms with Crippen LogP contribution in [0.4, 0.5) is 5.69 Å². The lowest BCUT2D eigenvalue weighted by Crippen LogP contribution is -2.13. The van der Waals surface area contributed by atoms with E-state index in [0.29, 0.717) is 12.1 Å². The lowest BCUT2D eigenvalue weighted by atomic mass is 10.1. The first-order valence-corrected chi connectivity index (χ1v) is 6.46. The predicted octanol–water partition coefficient (Wildman–Crippen LogP) is 2.88. The third-order valence-corrected chi connectivity index (χ3v) is 3.34. The fourth-order valence-electron chi connectivity index (χ4n) is 2.09. The van der Waals surface area contributed by atoms with Gasteiger partial charge in [0.2, 0.25) is 5.91 Å². The summed E-state index contributed by atoms with van der Waals surface area (Å²) in [6.07, 6.45) is 1.32. The molecule has 0 radical (unpaired) electrons. The van der Waals surface area contributed by atoms with E-state index in [-0.39, 0.29) is 11.5 Å².